The van der Waals surface area contributed by atoms with Crippen molar-refractivity contribution in [2.75, 3.05) is 13.2 Å². The van der Waals surface area contributed by atoms with Crippen molar-refractivity contribution in [2.24, 2.45) is 0 Å². The molecular weight excluding hydrogens is 300 g/mol. The Kier molecular flexibility index (Phi) is 3.34. The van der Waals surface area contributed by atoms with Gasteiger partial charge < -0.3 is 9.47 Å². The van der Waals surface area contributed by atoms with Crippen LogP contribution in [0.2, 0.25) is 0 Å². The van der Waals surface area contributed by atoms with E-state index in [1.165, 1.54) is 0 Å². The fraction of sp³-hybridized carbons (Fsp3) is 1.00. The van der Waals surface area contributed by atoms with Crippen LogP contribution in [-0.2, 0) is 9.47 Å². The number of ether oxygens (including phenoxy) is 2. The van der Waals surface area contributed by atoms with E-state index in [1.807, 2.05) is 0 Å². The molecule has 2 nitrogen and oxygen atoms in total. The quantitative estimate of drug-likeness (QED) is 0.640. The summed E-state index contributed by atoms with van der Waals surface area (Å²) >= 11 is 7.33. The van der Waals surface area contributed by atoms with Gasteiger partial charge in [0.1, 0.15) is 0 Å². The highest BCUT2D eigenvalue weighted by Crippen LogP contribution is 2.42. The molecule has 4 heteroatoms. The molecular formula is C9H14Br2O2. The lowest BCUT2D eigenvalue weighted by Crippen LogP contribution is -2.56. The molecule has 2 rings (SSSR count). The van der Waals surface area contributed by atoms with Crippen LogP contribution >= 0.6 is 31.9 Å². The Labute approximate surface area is 95.6 Å². The SMILES string of the molecule is Br[C@@H]1CCCOC12OCCC[C@H]2Br. The summed E-state index contributed by atoms with van der Waals surface area (Å²) in [7, 11) is 0. The minimum absolute atomic E-state index is 0.332. The van der Waals surface area contributed by atoms with Crippen molar-refractivity contribution < 1.29 is 9.47 Å². The van der Waals surface area contributed by atoms with Crippen LogP contribution < -0.4 is 0 Å². The third kappa shape index (κ3) is 1.83. The van der Waals surface area contributed by atoms with Crippen LogP contribution in [0.1, 0.15) is 25.7 Å². The van der Waals surface area contributed by atoms with Crippen LogP contribution in [0.15, 0.2) is 0 Å². The summed E-state index contributed by atoms with van der Waals surface area (Å²) in [5, 5.41) is 0. The summed E-state index contributed by atoms with van der Waals surface area (Å²) in [4.78, 5) is 0.664. The van der Waals surface area contributed by atoms with Gasteiger partial charge in [-0.25, -0.2) is 0 Å². The molecule has 0 aromatic carbocycles. The van der Waals surface area contributed by atoms with Crippen molar-refractivity contribution in [3.63, 3.8) is 0 Å². The largest absolute Gasteiger partial charge is 0.348 e. The second-order valence-electron chi connectivity index (χ2n) is 3.64. The Bertz CT molecular complexity index is 166. The maximum absolute atomic E-state index is 5.81. The predicted octanol–water partition coefficient (Wildman–Crippen LogP) is 2.83. The van der Waals surface area contributed by atoms with E-state index in [1.54, 1.807) is 0 Å². The highest BCUT2D eigenvalue weighted by atomic mass is 79.9. The Balaban J connectivity index is 2.13. The second kappa shape index (κ2) is 4.17. The molecule has 0 saturated carbocycles. The molecule has 2 saturated heterocycles. The van der Waals surface area contributed by atoms with Crippen LogP contribution in [0, 0.1) is 0 Å². The monoisotopic (exact) mass is 312 g/mol. The molecule has 1 spiro atoms. The first kappa shape index (κ1) is 10.4. The van der Waals surface area contributed by atoms with Crippen LogP contribution in [0.25, 0.3) is 0 Å². The van der Waals surface area contributed by atoms with Crippen LogP contribution in [0.5, 0.6) is 0 Å². The van der Waals surface area contributed by atoms with E-state index in [0.717, 1.165) is 38.9 Å². The Morgan fingerprint density at radius 3 is 1.77 bits per heavy atom. The first-order chi connectivity index (χ1) is 6.26. The zero-order valence-electron chi connectivity index (χ0n) is 7.47. The third-order valence-corrected chi connectivity index (χ3v) is 4.92. The predicted molar refractivity (Wildman–Crippen MR) is 58.5 cm³/mol. The van der Waals surface area contributed by atoms with Crippen molar-refractivity contribution in [2.45, 2.75) is 41.1 Å². The molecule has 0 amide bonds. The minimum atomic E-state index is -0.392. The third-order valence-electron chi connectivity index (χ3n) is 2.73. The minimum Gasteiger partial charge on any atom is -0.348 e. The Hall–Kier alpha value is 0.880. The molecule has 0 N–H and O–H groups in total. The van der Waals surface area contributed by atoms with E-state index >= 15 is 0 Å². The maximum Gasteiger partial charge on any atom is 0.193 e. The number of hydrogen-bond donors (Lipinski definition) is 0. The molecule has 0 radical (unpaired) electrons. The summed E-state index contributed by atoms with van der Waals surface area (Å²) in [6.07, 6.45) is 4.53. The number of halogens is 2. The van der Waals surface area contributed by atoms with Gasteiger partial charge in [0.25, 0.3) is 0 Å². The lowest BCUT2D eigenvalue weighted by molar-refractivity contribution is -0.261. The van der Waals surface area contributed by atoms with Crippen LogP contribution in [0.3, 0.4) is 0 Å². The van der Waals surface area contributed by atoms with Gasteiger partial charge in [-0.1, -0.05) is 31.9 Å². The van der Waals surface area contributed by atoms with Gasteiger partial charge in [-0.05, 0) is 25.7 Å². The Morgan fingerprint density at radius 2 is 1.38 bits per heavy atom. The summed E-state index contributed by atoms with van der Waals surface area (Å²) in [6, 6.07) is 0. The van der Waals surface area contributed by atoms with Gasteiger partial charge in [-0.2, -0.15) is 0 Å². The maximum atomic E-state index is 5.81. The van der Waals surface area contributed by atoms with Gasteiger partial charge in [-0.15, -0.1) is 0 Å². The van der Waals surface area contributed by atoms with E-state index in [0.29, 0.717) is 9.65 Å². The number of alkyl halides is 2. The second-order valence-corrected chi connectivity index (χ2v) is 5.85. The normalized spacial score (nSPS) is 39.2. The molecule has 2 aliphatic heterocycles. The molecule has 13 heavy (non-hydrogen) atoms. The molecule has 0 unspecified atom stereocenters. The zero-order valence-corrected chi connectivity index (χ0v) is 10.6. The van der Waals surface area contributed by atoms with Crippen LogP contribution in [0.4, 0.5) is 0 Å². The molecule has 0 aromatic heterocycles. The molecule has 0 aromatic rings. The van der Waals surface area contributed by atoms with Gasteiger partial charge in [0.15, 0.2) is 5.79 Å². The molecule has 2 atom stereocenters. The van der Waals surface area contributed by atoms with Gasteiger partial charge in [0.2, 0.25) is 0 Å². The van der Waals surface area contributed by atoms with Crippen molar-refractivity contribution in [3.05, 3.63) is 0 Å². The van der Waals surface area contributed by atoms with E-state index in [4.69, 9.17) is 9.47 Å². The lowest BCUT2D eigenvalue weighted by atomic mass is 9.97. The highest BCUT2D eigenvalue weighted by molar-refractivity contribution is 9.10. The van der Waals surface area contributed by atoms with Crippen molar-refractivity contribution >= 4 is 31.9 Å². The summed E-state index contributed by atoms with van der Waals surface area (Å²) in [5.41, 5.74) is 0. The molecule has 0 bridgehead atoms. The smallest absolute Gasteiger partial charge is 0.193 e. The fourth-order valence-corrected chi connectivity index (χ4v) is 4.16. The molecule has 0 aliphatic carbocycles. The highest BCUT2D eigenvalue weighted by Gasteiger charge is 2.49. The summed E-state index contributed by atoms with van der Waals surface area (Å²) in [6.45, 7) is 1.65. The molecule has 2 fully saturated rings. The van der Waals surface area contributed by atoms with Gasteiger partial charge in [0.05, 0.1) is 22.9 Å². The average Bonchev–Trinajstić information content (AvgIpc) is 2.15. The topological polar surface area (TPSA) is 18.5 Å². The van der Waals surface area contributed by atoms with E-state index in [2.05, 4.69) is 31.9 Å². The van der Waals surface area contributed by atoms with Crippen LogP contribution in [-0.4, -0.2) is 28.7 Å². The van der Waals surface area contributed by atoms with Gasteiger partial charge in [0, 0.05) is 0 Å². The zero-order chi connectivity index (χ0) is 9.31. The Morgan fingerprint density at radius 1 is 0.923 bits per heavy atom. The van der Waals surface area contributed by atoms with Crippen molar-refractivity contribution in [1.82, 2.24) is 0 Å². The van der Waals surface area contributed by atoms with E-state index in [9.17, 15) is 0 Å². The van der Waals surface area contributed by atoms with Crippen molar-refractivity contribution in [1.29, 1.82) is 0 Å². The lowest BCUT2D eigenvalue weighted by Gasteiger charge is -2.46. The molecule has 2 heterocycles. The van der Waals surface area contributed by atoms with E-state index in [-0.39, 0.29) is 0 Å². The number of rotatable bonds is 0. The molecule has 76 valence electrons. The van der Waals surface area contributed by atoms with E-state index < -0.39 is 5.79 Å². The van der Waals surface area contributed by atoms with Crippen molar-refractivity contribution in [3.8, 4) is 0 Å². The van der Waals surface area contributed by atoms with Gasteiger partial charge in [-0.3, -0.25) is 0 Å². The standard InChI is InChI=1S/C9H14Br2O2/c10-7-3-1-5-12-9(7)8(11)4-2-6-13-9/h7-8H,1-6H2/t7-,8-,9?/m1/s1. The van der Waals surface area contributed by atoms with Gasteiger partial charge >= 0.3 is 0 Å². The molecule has 2 aliphatic rings. The summed E-state index contributed by atoms with van der Waals surface area (Å²) < 4.78 is 11.6. The number of hydrogen-bond acceptors (Lipinski definition) is 2. The first-order valence-electron chi connectivity index (χ1n) is 4.82. The fourth-order valence-electron chi connectivity index (χ4n) is 1.99. The first-order valence-corrected chi connectivity index (χ1v) is 6.65. The average molecular weight is 314 g/mol. The summed E-state index contributed by atoms with van der Waals surface area (Å²) in [5.74, 6) is -0.392.